The Morgan fingerprint density at radius 2 is 2.35 bits per heavy atom. The van der Waals surface area contributed by atoms with Gasteiger partial charge in [-0.2, -0.15) is 5.26 Å². The van der Waals surface area contributed by atoms with Crippen molar-refractivity contribution < 1.29 is 9.66 Å². The Labute approximate surface area is 99.0 Å². The van der Waals surface area contributed by atoms with Gasteiger partial charge < -0.3 is 10.1 Å². The fourth-order valence-corrected chi connectivity index (χ4v) is 1.26. The van der Waals surface area contributed by atoms with Crippen molar-refractivity contribution >= 4 is 5.69 Å². The maximum absolute atomic E-state index is 10.7. The second-order valence-corrected chi connectivity index (χ2v) is 3.25. The van der Waals surface area contributed by atoms with Crippen LogP contribution in [0.15, 0.2) is 18.2 Å². The quantitative estimate of drug-likeness (QED) is 0.458. The number of benzene rings is 1. The highest BCUT2D eigenvalue weighted by Gasteiger charge is 2.15. The number of rotatable bonds is 6. The minimum Gasteiger partial charge on any atom is -0.485 e. The van der Waals surface area contributed by atoms with E-state index in [4.69, 9.17) is 10.00 Å². The SMILES string of the molecule is CCNCCOc1cc(C#N)ccc1[N+](=O)[O-]. The van der Waals surface area contributed by atoms with Crippen LogP contribution in [0.5, 0.6) is 5.75 Å². The molecule has 0 aromatic heterocycles. The number of hydrogen-bond donors (Lipinski definition) is 1. The van der Waals surface area contributed by atoms with Gasteiger partial charge in [-0.1, -0.05) is 6.92 Å². The summed E-state index contributed by atoms with van der Waals surface area (Å²) in [6.07, 6.45) is 0. The van der Waals surface area contributed by atoms with Crippen molar-refractivity contribution in [2.75, 3.05) is 19.7 Å². The molecule has 0 spiro atoms. The Balaban J connectivity index is 2.79. The van der Waals surface area contributed by atoms with Crippen molar-refractivity contribution in [1.82, 2.24) is 5.32 Å². The molecule has 6 heteroatoms. The van der Waals surface area contributed by atoms with Gasteiger partial charge in [0.2, 0.25) is 0 Å². The van der Waals surface area contributed by atoms with Crippen LogP contribution in [0.25, 0.3) is 0 Å². The van der Waals surface area contributed by atoms with Crippen molar-refractivity contribution in [1.29, 1.82) is 5.26 Å². The average Bonchev–Trinajstić information content (AvgIpc) is 2.34. The van der Waals surface area contributed by atoms with Crippen LogP contribution in [0.3, 0.4) is 0 Å². The van der Waals surface area contributed by atoms with Crippen molar-refractivity contribution in [3.05, 3.63) is 33.9 Å². The first-order valence-corrected chi connectivity index (χ1v) is 5.21. The predicted octanol–water partition coefficient (Wildman–Crippen LogP) is 1.45. The summed E-state index contributed by atoms with van der Waals surface area (Å²) in [6.45, 7) is 3.69. The van der Waals surface area contributed by atoms with Gasteiger partial charge in [0.1, 0.15) is 6.61 Å². The molecule has 90 valence electrons. The van der Waals surface area contributed by atoms with Gasteiger partial charge in [-0.3, -0.25) is 10.1 Å². The van der Waals surface area contributed by atoms with E-state index in [1.165, 1.54) is 18.2 Å². The second kappa shape index (κ2) is 6.45. The number of nitrogens with zero attached hydrogens (tertiary/aromatic N) is 2. The molecule has 0 bridgehead atoms. The summed E-state index contributed by atoms with van der Waals surface area (Å²) >= 11 is 0. The molecule has 0 heterocycles. The molecular formula is C11H13N3O3. The summed E-state index contributed by atoms with van der Waals surface area (Å²) in [5.74, 6) is 0.131. The van der Waals surface area contributed by atoms with Crippen molar-refractivity contribution in [3.8, 4) is 11.8 Å². The third-order valence-corrected chi connectivity index (χ3v) is 2.07. The molecule has 1 aromatic carbocycles. The molecule has 1 N–H and O–H groups in total. The Kier molecular flexibility index (Phi) is 4.91. The molecule has 0 saturated heterocycles. The van der Waals surface area contributed by atoms with E-state index < -0.39 is 4.92 Å². The van der Waals surface area contributed by atoms with Crippen LogP contribution in [-0.4, -0.2) is 24.6 Å². The maximum Gasteiger partial charge on any atom is 0.311 e. The molecule has 0 aliphatic heterocycles. The molecule has 0 fully saturated rings. The molecule has 17 heavy (non-hydrogen) atoms. The van der Waals surface area contributed by atoms with E-state index in [2.05, 4.69) is 5.32 Å². The smallest absolute Gasteiger partial charge is 0.311 e. The Morgan fingerprint density at radius 1 is 1.59 bits per heavy atom. The van der Waals surface area contributed by atoms with E-state index >= 15 is 0 Å². The molecule has 0 amide bonds. The molecule has 0 radical (unpaired) electrons. The normalized spacial score (nSPS) is 9.65. The summed E-state index contributed by atoms with van der Waals surface area (Å²) in [5.41, 5.74) is 0.217. The molecule has 1 aromatic rings. The lowest BCUT2D eigenvalue weighted by Crippen LogP contribution is -2.20. The summed E-state index contributed by atoms with van der Waals surface area (Å²) in [5, 5.41) is 22.5. The van der Waals surface area contributed by atoms with Crippen molar-refractivity contribution in [2.24, 2.45) is 0 Å². The molecule has 0 atom stereocenters. The fourth-order valence-electron chi connectivity index (χ4n) is 1.26. The van der Waals surface area contributed by atoms with Crippen molar-refractivity contribution in [2.45, 2.75) is 6.92 Å². The topological polar surface area (TPSA) is 88.2 Å². The van der Waals surface area contributed by atoms with Crippen LogP contribution in [0, 0.1) is 21.4 Å². The first-order valence-electron chi connectivity index (χ1n) is 5.21. The molecule has 0 saturated carbocycles. The number of hydrogen-bond acceptors (Lipinski definition) is 5. The summed E-state index contributed by atoms with van der Waals surface area (Å²) in [6, 6.07) is 5.97. The van der Waals surface area contributed by atoms with E-state index in [9.17, 15) is 10.1 Å². The fraction of sp³-hybridized carbons (Fsp3) is 0.364. The van der Waals surface area contributed by atoms with Gasteiger partial charge >= 0.3 is 5.69 Å². The zero-order valence-corrected chi connectivity index (χ0v) is 9.47. The third-order valence-electron chi connectivity index (χ3n) is 2.07. The monoisotopic (exact) mass is 235 g/mol. The molecule has 0 aliphatic rings. The lowest BCUT2D eigenvalue weighted by Gasteiger charge is -2.07. The zero-order chi connectivity index (χ0) is 12.7. The van der Waals surface area contributed by atoms with E-state index in [1.807, 2.05) is 13.0 Å². The number of ether oxygens (including phenoxy) is 1. The minimum absolute atomic E-state index is 0.125. The predicted molar refractivity (Wildman–Crippen MR) is 61.9 cm³/mol. The highest BCUT2D eigenvalue weighted by atomic mass is 16.6. The van der Waals surface area contributed by atoms with Gasteiger partial charge in [-0.05, 0) is 12.6 Å². The Morgan fingerprint density at radius 3 is 2.94 bits per heavy atom. The van der Waals surface area contributed by atoms with Crippen LogP contribution in [-0.2, 0) is 0 Å². The van der Waals surface area contributed by atoms with Crippen LogP contribution >= 0.6 is 0 Å². The summed E-state index contributed by atoms with van der Waals surface area (Å²) < 4.78 is 5.29. The summed E-state index contributed by atoms with van der Waals surface area (Å²) in [4.78, 5) is 10.2. The summed E-state index contributed by atoms with van der Waals surface area (Å²) in [7, 11) is 0. The van der Waals surface area contributed by atoms with Crippen LogP contribution in [0.2, 0.25) is 0 Å². The second-order valence-electron chi connectivity index (χ2n) is 3.25. The highest BCUT2D eigenvalue weighted by molar-refractivity contribution is 5.51. The van der Waals surface area contributed by atoms with Gasteiger partial charge in [0.05, 0.1) is 16.6 Å². The number of nitro benzene ring substituents is 1. The molecule has 0 unspecified atom stereocenters. The average molecular weight is 235 g/mol. The van der Waals surface area contributed by atoms with E-state index in [-0.39, 0.29) is 11.4 Å². The largest absolute Gasteiger partial charge is 0.485 e. The highest BCUT2D eigenvalue weighted by Crippen LogP contribution is 2.27. The number of likely N-dealkylation sites (N-methyl/N-ethyl adjacent to an activating group) is 1. The van der Waals surface area contributed by atoms with Crippen molar-refractivity contribution in [3.63, 3.8) is 0 Å². The molecule has 6 nitrogen and oxygen atoms in total. The number of nitrogens with one attached hydrogen (secondary N) is 1. The van der Waals surface area contributed by atoms with Crippen LogP contribution in [0.1, 0.15) is 12.5 Å². The van der Waals surface area contributed by atoms with Gasteiger partial charge in [-0.15, -0.1) is 0 Å². The maximum atomic E-state index is 10.7. The molecule has 1 rings (SSSR count). The van der Waals surface area contributed by atoms with Crippen LogP contribution < -0.4 is 10.1 Å². The minimum atomic E-state index is -0.524. The standard InChI is InChI=1S/C11H13N3O3/c1-2-13-5-6-17-11-7-9(8-12)3-4-10(11)14(15)16/h3-4,7,13H,2,5-6H2,1H3. The molecular weight excluding hydrogens is 222 g/mol. The Bertz CT molecular complexity index is 440. The zero-order valence-electron chi connectivity index (χ0n) is 9.47. The first-order chi connectivity index (χ1) is 8.19. The van der Waals surface area contributed by atoms with Gasteiger partial charge in [-0.25, -0.2) is 0 Å². The third kappa shape index (κ3) is 3.74. The number of nitro groups is 1. The van der Waals surface area contributed by atoms with Crippen LogP contribution in [0.4, 0.5) is 5.69 Å². The van der Waals surface area contributed by atoms with E-state index in [1.54, 1.807) is 0 Å². The first kappa shape index (κ1) is 12.9. The van der Waals surface area contributed by atoms with E-state index in [0.29, 0.717) is 18.7 Å². The van der Waals surface area contributed by atoms with Gasteiger partial charge in [0, 0.05) is 18.7 Å². The lowest BCUT2D eigenvalue weighted by atomic mass is 10.2. The van der Waals surface area contributed by atoms with Gasteiger partial charge in [0.15, 0.2) is 5.75 Å². The van der Waals surface area contributed by atoms with Gasteiger partial charge in [0.25, 0.3) is 0 Å². The Hall–Kier alpha value is -2.13. The molecule has 0 aliphatic carbocycles. The van der Waals surface area contributed by atoms with E-state index in [0.717, 1.165) is 6.54 Å². The lowest BCUT2D eigenvalue weighted by molar-refractivity contribution is -0.385. The number of nitriles is 1.